The molecule has 1 aromatic carbocycles. The Kier molecular flexibility index (Phi) is 8.55. The first-order valence-corrected chi connectivity index (χ1v) is 17.4. The van der Waals surface area contributed by atoms with Crippen molar-refractivity contribution in [3.63, 3.8) is 0 Å². The number of nitrogens with zero attached hydrogens (tertiary/aromatic N) is 5. The van der Waals surface area contributed by atoms with Crippen LogP contribution in [0.15, 0.2) is 23.3 Å². The summed E-state index contributed by atoms with van der Waals surface area (Å²) < 4.78 is 20.0. The van der Waals surface area contributed by atoms with E-state index in [9.17, 15) is 0 Å². The first-order valence-electron chi connectivity index (χ1n) is 11.1. The van der Waals surface area contributed by atoms with Gasteiger partial charge in [-0.1, -0.05) is 0 Å². The molecule has 3 N–H and O–H groups in total. The summed E-state index contributed by atoms with van der Waals surface area (Å²) in [5, 5.41) is 4.31. The Hall–Kier alpha value is -1.95. The molecule has 0 amide bonds. The van der Waals surface area contributed by atoms with E-state index in [2.05, 4.69) is 25.4 Å². The number of anilines is 2. The number of rotatable bonds is 8. The molecule has 170 valence electrons. The Bertz CT molecular complexity index is 918. The molecular weight excluding hydrogens is 513 g/mol. The van der Waals surface area contributed by atoms with Gasteiger partial charge in [0.2, 0.25) is 0 Å². The van der Waals surface area contributed by atoms with Crippen molar-refractivity contribution in [3.8, 4) is 6.01 Å². The van der Waals surface area contributed by atoms with Crippen LogP contribution in [0.4, 0.5) is 11.4 Å². The third kappa shape index (κ3) is 6.77. The van der Waals surface area contributed by atoms with Gasteiger partial charge >= 0.3 is 196 Å². The quantitative estimate of drug-likeness (QED) is 0.281. The van der Waals surface area contributed by atoms with E-state index >= 15 is 0 Å². The van der Waals surface area contributed by atoms with Crippen molar-refractivity contribution >= 4 is 42.6 Å². The second-order valence-electron chi connectivity index (χ2n) is 7.98. The van der Waals surface area contributed by atoms with E-state index in [-0.39, 0.29) is 0 Å². The predicted octanol–water partition coefficient (Wildman–Crippen LogP) is 0.651. The van der Waals surface area contributed by atoms with Crippen LogP contribution in [0.5, 0.6) is 6.01 Å². The van der Waals surface area contributed by atoms with Crippen molar-refractivity contribution in [3.05, 3.63) is 29.6 Å². The van der Waals surface area contributed by atoms with Crippen LogP contribution in [0.2, 0.25) is 8.35 Å². The molecule has 0 aliphatic carbocycles. The predicted molar refractivity (Wildman–Crippen MR) is 125 cm³/mol. The number of hydrogen-bond acceptors (Lipinski definition) is 10. The van der Waals surface area contributed by atoms with E-state index in [1.165, 1.54) is 0 Å². The number of hydrazone groups is 1. The van der Waals surface area contributed by atoms with Crippen LogP contribution in [0.1, 0.15) is 11.4 Å². The molecule has 32 heavy (non-hydrogen) atoms. The first kappa shape index (κ1) is 23.2. The maximum atomic E-state index is 6.02. The van der Waals surface area contributed by atoms with Crippen LogP contribution in [0, 0.1) is 6.92 Å². The molecule has 2 fully saturated rings. The zero-order chi connectivity index (χ0) is 22.2. The van der Waals surface area contributed by atoms with Crippen molar-refractivity contribution < 1.29 is 14.2 Å². The van der Waals surface area contributed by atoms with Gasteiger partial charge in [-0.15, -0.1) is 0 Å². The summed E-state index contributed by atoms with van der Waals surface area (Å²) in [5.41, 5.74) is 11.5. The van der Waals surface area contributed by atoms with Gasteiger partial charge in [0, 0.05) is 0 Å². The van der Waals surface area contributed by atoms with Crippen molar-refractivity contribution in [1.82, 2.24) is 19.9 Å². The topological polar surface area (TPSA) is 120 Å². The third-order valence-electron chi connectivity index (χ3n) is 5.55. The SMILES string of the molecule is Cc1ccc(N)c(N/N=C/c2nc(OCCN3CCOCC3)n[c]([In]3[CH2]COC[CH2]3)n2)c1. The number of ether oxygens (including phenoxy) is 3. The second kappa shape index (κ2) is 11.8. The molecule has 0 unspecified atom stereocenters. The van der Waals surface area contributed by atoms with Crippen molar-refractivity contribution in [2.45, 2.75) is 15.3 Å². The fourth-order valence-electron chi connectivity index (χ4n) is 3.67. The minimum atomic E-state index is -2.09. The van der Waals surface area contributed by atoms with E-state index in [0.29, 0.717) is 24.1 Å². The number of hydrogen-bond donors (Lipinski definition) is 2. The monoisotopic (exact) mass is 543 g/mol. The molecule has 3 heterocycles. The van der Waals surface area contributed by atoms with Crippen LogP contribution >= 0.6 is 0 Å². The first-order chi connectivity index (χ1) is 15.7. The third-order valence-corrected chi connectivity index (χ3v) is 13.7. The number of nitrogens with one attached hydrogen (secondary N) is 1. The van der Waals surface area contributed by atoms with Gasteiger partial charge < -0.3 is 0 Å². The molecule has 2 aliphatic rings. The molecule has 2 saturated heterocycles. The molecule has 2 aromatic rings. The van der Waals surface area contributed by atoms with Gasteiger partial charge in [-0.05, 0) is 0 Å². The molecule has 0 atom stereocenters. The molecule has 4 rings (SSSR count). The average molecular weight is 543 g/mol. The average Bonchev–Trinajstić information content (AvgIpc) is 2.82. The van der Waals surface area contributed by atoms with E-state index in [1.807, 2.05) is 25.1 Å². The fourth-order valence-corrected chi connectivity index (χ4v) is 10.3. The van der Waals surface area contributed by atoms with E-state index in [0.717, 1.165) is 69.2 Å². The number of aryl methyl sites for hydroxylation is 1. The molecule has 1 aromatic heterocycles. The Morgan fingerprint density at radius 3 is 2.75 bits per heavy atom. The van der Waals surface area contributed by atoms with E-state index in [4.69, 9.17) is 24.9 Å². The zero-order valence-electron chi connectivity index (χ0n) is 18.5. The summed E-state index contributed by atoms with van der Waals surface area (Å²) >= 11 is -2.09. The Labute approximate surface area is 196 Å². The summed E-state index contributed by atoms with van der Waals surface area (Å²) in [4.78, 5) is 16.2. The molecule has 0 radical (unpaired) electrons. The van der Waals surface area contributed by atoms with Crippen LogP contribution < -0.4 is 19.5 Å². The summed E-state index contributed by atoms with van der Waals surface area (Å²) in [6, 6.07) is 6.14. The van der Waals surface area contributed by atoms with E-state index < -0.39 is 21.4 Å². The molecular formula is C21H30InN7O3. The Morgan fingerprint density at radius 1 is 1.16 bits per heavy atom. The van der Waals surface area contributed by atoms with Crippen molar-refractivity contribution in [1.29, 1.82) is 0 Å². The molecule has 0 bridgehead atoms. The number of benzene rings is 1. The molecule has 10 nitrogen and oxygen atoms in total. The van der Waals surface area contributed by atoms with Gasteiger partial charge in [-0.3, -0.25) is 0 Å². The molecule has 2 aliphatic heterocycles. The van der Waals surface area contributed by atoms with Crippen molar-refractivity contribution in [2.24, 2.45) is 5.10 Å². The molecule has 0 spiro atoms. The number of aromatic nitrogens is 3. The van der Waals surface area contributed by atoms with Gasteiger partial charge in [-0.25, -0.2) is 0 Å². The van der Waals surface area contributed by atoms with Gasteiger partial charge in [0.15, 0.2) is 0 Å². The second-order valence-corrected chi connectivity index (χ2v) is 16.7. The minimum absolute atomic E-state index is 0.378. The standard InChI is InChI=1S/C17H22N7O2.C4H8O.In/c1-13-2-3-14(18)15(10-13)23-21-11-16-19-12-20-17(22-16)26-9-6-24-4-7-25-8-5-24;1-3-5-4-2;/h2-3,10-11,23H,4-9,18H2,1H3;1-4H2;/b21-11+;;. The Morgan fingerprint density at radius 2 is 1.94 bits per heavy atom. The molecule has 11 heteroatoms. The Balaban J connectivity index is 1.45. The summed E-state index contributed by atoms with van der Waals surface area (Å²) in [5.74, 6) is 0.498. The zero-order valence-corrected chi connectivity index (χ0v) is 21.8. The maximum absolute atomic E-state index is 6.02. The van der Waals surface area contributed by atoms with Gasteiger partial charge in [0.1, 0.15) is 0 Å². The van der Waals surface area contributed by atoms with Crippen LogP contribution in [-0.2, 0) is 9.47 Å². The van der Waals surface area contributed by atoms with Gasteiger partial charge in [0.05, 0.1) is 0 Å². The fraction of sp³-hybridized carbons (Fsp3) is 0.524. The summed E-state index contributed by atoms with van der Waals surface area (Å²) in [7, 11) is 0. The van der Waals surface area contributed by atoms with Crippen LogP contribution in [0.3, 0.4) is 0 Å². The number of nitrogens with two attached hydrogens (primary N) is 1. The van der Waals surface area contributed by atoms with Crippen molar-refractivity contribution in [2.75, 3.05) is 63.8 Å². The van der Waals surface area contributed by atoms with Crippen LogP contribution in [-0.4, -0.2) is 100 Å². The molecule has 0 saturated carbocycles. The number of nitrogen functional groups attached to an aromatic ring is 1. The normalized spacial score (nSPS) is 17.6. The van der Waals surface area contributed by atoms with Gasteiger partial charge in [0.25, 0.3) is 0 Å². The summed E-state index contributed by atoms with van der Waals surface area (Å²) in [6.45, 7) is 8.36. The van der Waals surface area contributed by atoms with E-state index in [1.54, 1.807) is 6.21 Å². The summed E-state index contributed by atoms with van der Waals surface area (Å²) in [6.07, 6.45) is 1.60. The van der Waals surface area contributed by atoms with Gasteiger partial charge in [-0.2, -0.15) is 0 Å². The number of morpholine rings is 1. The van der Waals surface area contributed by atoms with Crippen LogP contribution in [0.25, 0.3) is 0 Å².